The molecule has 0 atom stereocenters. The molecule has 0 saturated carbocycles. The minimum absolute atomic E-state index is 0.0963. The summed E-state index contributed by atoms with van der Waals surface area (Å²) in [5.74, 6) is -0.152. The van der Waals surface area contributed by atoms with Crippen molar-refractivity contribution in [2.24, 2.45) is 0 Å². The predicted molar refractivity (Wildman–Crippen MR) is 44.3 cm³/mol. The van der Waals surface area contributed by atoms with Crippen molar-refractivity contribution in [1.82, 2.24) is 0 Å². The zero-order valence-corrected chi connectivity index (χ0v) is 7.03. The molecule has 0 aliphatic carbocycles. The number of aromatic carboxylic acids is 1. The Labute approximate surface area is 74.7 Å². The summed E-state index contributed by atoms with van der Waals surface area (Å²) in [6.45, 7) is 1.91. The summed E-state index contributed by atoms with van der Waals surface area (Å²) in [6.07, 6.45) is 0. The number of hydrogen-bond acceptors (Lipinski definition) is 3. The molecule has 1 N–H and O–H groups in total. The molecule has 1 aromatic carbocycles. The van der Waals surface area contributed by atoms with Gasteiger partial charge >= 0.3 is 5.97 Å². The Morgan fingerprint density at radius 3 is 2.92 bits per heavy atom. The SMILES string of the molecule is Cc1cc2c(c(C(=O)O)c1)OCO2. The smallest absolute Gasteiger partial charge is 0.339 e. The van der Waals surface area contributed by atoms with E-state index in [-0.39, 0.29) is 12.4 Å². The van der Waals surface area contributed by atoms with Gasteiger partial charge in [0, 0.05) is 0 Å². The second-order valence-electron chi connectivity index (χ2n) is 2.85. The monoisotopic (exact) mass is 180 g/mol. The van der Waals surface area contributed by atoms with Crippen LogP contribution in [0.2, 0.25) is 0 Å². The van der Waals surface area contributed by atoms with Crippen molar-refractivity contribution in [3.05, 3.63) is 23.3 Å². The van der Waals surface area contributed by atoms with Crippen LogP contribution in [-0.2, 0) is 0 Å². The average molecular weight is 180 g/mol. The number of rotatable bonds is 1. The molecule has 0 saturated heterocycles. The van der Waals surface area contributed by atoms with Gasteiger partial charge in [-0.3, -0.25) is 0 Å². The van der Waals surface area contributed by atoms with Crippen LogP contribution in [0.4, 0.5) is 0 Å². The summed E-state index contributed by atoms with van der Waals surface area (Å²) < 4.78 is 10.1. The maximum atomic E-state index is 10.8. The fourth-order valence-electron chi connectivity index (χ4n) is 1.31. The standard InChI is InChI=1S/C9H8O4/c1-5-2-6(9(10)11)8-7(3-5)12-4-13-8/h2-3H,4H2,1H3,(H,10,11). The van der Waals surface area contributed by atoms with E-state index in [9.17, 15) is 4.79 Å². The lowest BCUT2D eigenvalue weighted by molar-refractivity contribution is 0.0692. The number of ether oxygens (including phenoxy) is 2. The highest BCUT2D eigenvalue weighted by Crippen LogP contribution is 2.36. The van der Waals surface area contributed by atoms with Crippen molar-refractivity contribution in [3.63, 3.8) is 0 Å². The van der Waals surface area contributed by atoms with Crippen LogP contribution in [0.1, 0.15) is 15.9 Å². The number of carbonyl (C=O) groups is 1. The van der Waals surface area contributed by atoms with Crippen LogP contribution in [0.25, 0.3) is 0 Å². The van der Waals surface area contributed by atoms with Gasteiger partial charge in [0.05, 0.1) is 0 Å². The molecule has 4 nitrogen and oxygen atoms in total. The molecule has 68 valence electrons. The van der Waals surface area contributed by atoms with Crippen molar-refractivity contribution in [2.45, 2.75) is 6.92 Å². The molecule has 1 aliphatic rings. The summed E-state index contributed by atoms with van der Waals surface area (Å²) in [4.78, 5) is 10.8. The first-order valence-electron chi connectivity index (χ1n) is 3.82. The molecular weight excluding hydrogens is 172 g/mol. The largest absolute Gasteiger partial charge is 0.478 e. The number of aryl methyl sites for hydroxylation is 1. The second-order valence-corrected chi connectivity index (χ2v) is 2.85. The van der Waals surface area contributed by atoms with E-state index < -0.39 is 5.97 Å². The van der Waals surface area contributed by atoms with Gasteiger partial charge in [-0.25, -0.2) is 4.79 Å². The van der Waals surface area contributed by atoms with E-state index in [4.69, 9.17) is 14.6 Å². The Hall–Kier alpha value is -1.71. The van der Waals surface area contributed by atoms with Crippen molar-refractivity contribution in [2.75, 3.05) is 6.79 Å². The van der Waals surface area contributed by atoms with E-state index in [1.807, 2.05) is 6.92 Å². The Morgan fingerprint density at radius 2 is 2.23 bits per heavy atom. The van der Waals surface area contributed by atoms with Crippen LogP contribution in [0.3, 0.4) is 0 Å². The third-order valence-electron chi connectivity index (χ3n) is 1.85. The Balaban J connectivity index is 2.62. The van der Waals surface area contributed by atoms with Gasteiger partial charge in [-0.1, -0.05) is 0 Å². The van der Waals surface area contributed by atoms with E-state index in [1.54, 1.807) is 12.1 Å². The summed E-state index contributed by atoms with van der Waals surface area (Å²) in [6, 6.07) is 3.32. The Morgan fingerprint density at radius 1 is 1.46 bits per heavy atom. The zero-order chi connectivity index (χ0) is 9.42. The first-order chi connectivity index (χ1) is 6.18. The topological polar surface area (TPSA) is 55.8 Å². The van der Waals surface area contributed by atoms with Gasteiger partial charge in [-0.05, 0) is 24.6 Å². The zero-order valence-electron chi connectivity index (χ0n) is 7.03. The van der Waals surface area contributed by atoms with Crippen molar-refractivity contribution in [3.8, 4) is 11.5 Å². The highest BCUT2D eigenvalue weighted by molar-refractivity contribution is 5.92. The molecule has 1 aromatic rings. The summed E-state index contributed by atoms with van der Waals surface area (Å²) in [7, 11) is 0. The van der Waals surface area contributed by atoms with Crippen LogP contribution in [0.5, 0.6) is 11.5 Å². The summed E-state index contributed by atoms with van der Waals surface area (Å²) in [5.41, 5.74) is 1.01. The van der Waals surface area contributed by atoms with Crippen molar-refractivity contribution >= 4 is 5.97 Å². The second kappa shape index (κ2) is 2.65. The van der Waals surface area contributed by atoms with E-state index in [0.717, 1.165) is 5.56 Å². The summed E-state index contributed by atoms with van der Waals surface area (Å²) in [5, 5.41) is 8.84. The minimum Gasteiger partial charge on any atom is -0.478 e. The fourth-order valence-corrected chi connectivity index (χ4v) is 1.31. The van der Waals surface area contributed by atoms with Gasteiger partial charge in [0.15, 0.2) is 11.5 Å². The maximum absolute atomic E-state index is 10.8. The number of hydrogen-bond donors (Lipinski definition) is 1. The normalized spacial score (nSPS) is 13.0. The molecule has 0 amide bonds. The Bertz CT molecular complexity index is 370. The molecule has 0 spiro atoms. The van der Waals surface area contributed by atoms with E-state index in [2.05, 4.69) is 0 Å². The molecule has 0 fully saturated rings. The van der Waals surface area contributed by atoms with Crippen molar-refractivity contribution < 1.29 is 19.4 Å². The van der Waals surface area contributed by atoms with E-state index in [0.29, 0.717) is 11.5 Å². The third-order valence-corrected chi connectivity index (χ3v) is 1.85. The lowest BCUT2D eigenvalue weighted by Crippen LogP contribution is -1.99. The molecule has 1 heterocycles. The van der Waals surface area contributed by atoms with Crippen LogP contribution in [0.15, 0.2) is 12.1 Å². The number of carboxylic acid groups (broad SMARTS) is 1. The summed E-state index contributed by atoms with van der Waals surface area (Å²) >= 11 is 0. The molecule has 0 bridgehead atoms. The van der Waals surface area contributed by atoms with Crippen LogP contribution in [0, 0.1) is 6.92 Å². The maximum Gasteiger partial charge on any atom is 0.339 e. The quantitative estimate of drug-likeness (QED) is 0.710. The van der Waals surface area contributed by atoms with Gasteiger partial charge in [-0.15, -0.1) is 0 Å². The van der Waals surface area contributed by atoms with Crippen LogP contribution < -0.4 is 9.47 Å². The third kappa shape index (κ3) is 1.20. The molecule has 0 aromatic heterocycles. The van der Waals surface area contributed by atoms with E-state index >= 15 is 0 Å². The Kier molecular flexibility index (Phi) is 1.62. The fraction of sp³-hybridized carbons (Fsp3) is 0.222. The van der Waals surface area contributed by atoms with E-state index in [1.165, 1.54) is 0 Å². The molecular formula is C9H8O4. The molecule has 4 heteroatoms. The number of benzene rings is 1. The first-order valence-corrected chi connectivity index (χ1v) is 3.82. The van der Waals surface area contributed by atoms with Gasteiger partial charge in [0.1, 0.15) is 5.56 Å². The van der Waals surface area contributed by atoms with Gasteiger partial charge in [0.2, 0.25) is 6.79 Å². The lowest BCUT2D eigenvalue weighted by Gasteiger charge is -2.02. The molecule has 2 rings (SSSR count). The minimum atomic E-state index is -0.995. The highest BCUT2D eigenvalue weighted by Gasteiger charge is 2.22. The highest BCUT2D eigenvalue weighted by atomic mass is 16.7. The first kappa shape index (κ1) is 7.91. The number of carboxylic acids is 1. The van der Waals surface area contributed by atoms with Crippen LogP contribution in [-0.4, -0.2) is 17.9 Å². The van der Waals surface area contributed by atoms with Gasteiger partial charge in [-0.2, -0.15) is 0 Å². The predicted octanol–water partition coefficient (Wildman–Crippen LogP) is 1.42. The lowest BCUT2D eigenvalue weighted by atomic mass is 10.1. The average Bonchev–Trinajstić information content (AvgIpc) is 2.49. The van der Waals surface area contributed by atoms with Crippen molar-refractivity contribution in [1.29, 1.82) is 0 Å². The molecule has 0 radical (unpaired) electrons. The molecule has 0 unspecified atom stereocenters. The molecule has 1 aliphatic heterocycles. The number of fused-ring (bicyclic) bond motifs is 1. The molecule has 13 heavy (non-hydrogen) atoms. The van der Waals surface area contributed by atoms with Gasteiger partial charge in [0.25, 0.3) is 0 Å². The van der Waals surface area contributed by atoms with Crippen LogP contribution >= 0.6 is 0 Å². The van der Waals surface area contributed by atoms with Gasteiger partial charge < -0.3 is 14.6 Å².